The number of primary amides is 1. The number of benzene rings is 1. The number of carbonyl (C=O) groups excluding carboxylic acids is 3. The highest BCUT2D eigenvalue weighted by Crippen LogP contribution is 2.19. The van der Waals surface area contributed by atoms with Crippen molar-refractivity contribution in [2.45, 2.75) is 26.9 Å². The van der Waals surface area contributed by atoms with Crippen LogP contribution in [0.5, 0.6) is 0 Å². The van der Waals surface area contributed by atoms with Crippen molar-refractivity contribution < 1.29 is 19.1 Å². The number of hydrogen-bond donors (Lipinski definition) is 3. The van der Waals surface area contributed by atoms with Crippen molar-refractivity contribution in [1.82, 2.24) is 9.78 Å². The predicted molar refractivity (Wildman–Crippen MR) is 95.8 cm³/mol. The van der Waals surface area contributed by atoms with E-state index in [2.05, 4.69) is 15.7 Å². The molecule has 138 valence electrons. The Morgan fingerprint density at radius 2 is 1.77 bits per heavy atom. The number of carbonyl (C=O) groups is 3. The Kier molecular flexibility index (Phi) is 5.61. The van der Waals surface area contributed by atoms with Gasteiger partial charge >= 0.3 is 12.0 Å². The topological polar surface area (TPSA) is 128 Å². The second-order valence-electron chi connectivity index (χ2n) is 5.77. The average Bonchev–Trinajstić information content (AvgIpc) is 2.81. The third-order valence-electron chi connectivity index (χ3n) is 3.80. The van der Waals surface area contributed by atoms with E-state index in [0.717, 1.165) is 5.69 Å². The molecule has 4 N–H and O–H groups in total. The minimum atomic E-state index is -0.995. The van der Waals surface area contributed by atoms with Gasteiger partial charge < -0.3 is 21.1 Å². The van der Waals surface area contributed by atoms with Gasteiger partial charge in [0.05, 0.1) is 22.6 Å². The number of rotatable bonds is 5. The highest BCUT2D eigenvalue weighted by Gasteiger charge is 2.21. The van der Waals surface area contributed by atoms with E-state index >= 15 is 0 Å². The van der Waals surface area contributed by atoms with Gasteiger partial charge in [-0.05, 0) is 45.0 Å². The lowest BCUT2D eigenvalue weighted by Crippen LogP contribution is -2.30. The molecule has 0 saturated carbocycles. The number of aromatic nitrogens is 2. The molecular weight excluding hydrogens is 338 g/mol. The molecular formula is C17H21N5O4. The number of esters is 1. The van der Waals surface area contributed by atoms with Crippen LogP contribution in [-0.2, 0) is 16.6 Å². The molecule has 0 bridgehead atoms. The molecule has 3 amide bonds. The molecule has 0 aliphatic rings. The maximum Gasteiger partial charge on any atom is 0.338 e. The summed E-state index contributed by atoms with van der Waals surface area (Å²) in [7, 11) is 1.78. The number of aryl methyl sites for hydroxylation is 2. The van der Waals surface area contributed by atoms with Crippen LogP contribution in [0.2, 0.25) is 0 Å². The van der Waals surface area contributed by atoms with E-state index in [1.807, 2.05) is 6.92 Å². The molecule has 0 spiro atoms. The Balaban J connectivity index is 1.99. The summed E-state index contributed by atoms with van der Waals surface area (Å²) in [6.07, 6.45) is -0.995. The summed E-state index contributed by atoms with van der Waals surface area (Å²) in [5.41, 5.74) is 7.78. The molecule has 9 nitrogen and oxygen atoms in total. The second-order valence-corrected chi connectivity index (χ2v) is 5.77. The van der Waals surface area contributed by atoms with Gasteiger partial charge in [-0.2, -0.15) is 5.10 Å². The van der Waals surface area contributed by atoms with Crippen molar-refractivity contribution in [3.63, 3.8) is 0 Å². The first-order valence-corrected chi connectivity index (χ1v) is 7.87. The van der Waals surface area contributed by atoms with Crippen molar-refractivity contribution in [1.29, 1.82) is 0 Å². The highest BCUT2D eigenvalue weighted by molar-refractivity contribution is 5.98. The first kappa shape index (κ1) is 19.0. The molecule has 1 aromatic carbocycles. The summed E-state index contributed by atoms with van der Waals surface area (Å²) in [4.78, 5) is 35.2. The third-order valence-corrected chi connectivity index (χ3v) is 3.80. The molecule has 2 aromatic rings. The van der Waals surface area contributed by atoms with Crippen LogP contribution in [0.15, 0.2) is 24.3 Å². The molecule has 0 aliphatic heterocycles. The van der Waals surface area contributed by atoms with Crippen LogP contribution in [0, 0.1) is 13.8 Å². The fourth-order valence-electron chi connectivity index (χ4n) is 2.29. The van der Waals surface area contributed by atoms with Gasteiger partial charge in [-0.3, -0.25) is 9.48 Å². The van der Waals surface area contributed by atoms with Gasteiger partial charge in [0.2, 0.25) is 0 Å². The van der Waals surface area contributed by atoms with E-state index in [1.54, 1.807) is 18.7 Å². The maximum absolute atomic E-state index is 12.3. The number of nitrogens with two attached hydrogens (primary N) is 1. The van der Waals surface area contributed by atoms with Gasteiger partial charge in [-0.15, -0.1) is 0 Å². The van der Waals surface area contributed by atoms with Crippen LogP contribution < -0.4 is 16.4 Å². The van der Waals surface area contributed by atoms with E-state index in [1.165, 1.54) is 31.2 Å². The molecule has 0 saturated heterocycles. The number of nitrogens with zero attached hydrogens (tertiary/aromatic N) is 2. The summed E-state index contributed by atoms with van der Waals surface area (Å²) < 4.78 is 6.84. The molecule has 1 heterocycles. The molecule has 1 aromatic heterocycles. The minimum absolute atomic E-state index is 0.244. The fraction of sp³-hybridized carbons (Fsp3) is 0.294. The third kappa shape index (κ3) is 4.38. The molecule has 0 radical (unpaired) electrons. The SMILES string of the molecule is Cc1nn(C)c(C)c1NC(=O)[C@@H](C)OC(=O)c1ccc(NC(N)=O)cc1. The van der Waals surface area contributed by atoms with Gasteiger partial charge in [0.15, 0.2) is 6.10 Å². The zero-order chi connectivity index (χ0) is 19.4. The Bertz CT molecular complexity index is 842. The smallest absolute Gasteiger partial charge is 0.338 e. The van der Waals surface area contributed by atoms with Gasteiger partial charge in [0.1, 0.15) is 0 Å². The van der Waals surface area contributed by atoms with Crippen LogP contribution in [0.4, 0.5) is 16.2 Å². The zero-order valence-electron chi connectivity index (χ0n) is 15.0. The highest BCUT2D eigenvalue weighted by atomic mass is 16.5. The van der Waals surface area contributed by atoms with Crippen LogP contribution >= 0.6 is 0 Å². The number of ether oxygens (including phenoxy) is 1. The molecule has 1 atom stereocenters. The number of amides is 3. The average molecular weight is 359 g/mol. The number of hydrogen-bond acceptors (Lipinski definition) is 5. The first-order chi connectivity index (χ1) is 12.2. The minimum Gasteiger partial charge on any atom is -0.449 e. The fourth-order valence-corrected chi connectivity index (χ4v) is 2.29. The molecule has 0 aliphatic carbocycles. The monoisotopic (exact) mass is 359 g/mol. The van der Waals surface area contributed by atoms with Gasteiger partial charge in [0.25, 0.3) is 5.91 Å². The first-order valence-electron chi connectivity index (χ1n) is 7.87. The summed E-state index contributed by atoms with van der Waals surface area (Å²) in [6, 6.07) is 5.25. The van der Waals surface area contributed by atoms with E-state index in [9.17, 15) is 14.4 Å². The normalized spacial score (nSPS) is 11.5. The number of urea groups is 1. The summed E-state index contributed by atoms with van der Waals surface area (Å²) >= 11 is 0. The van der Waals surface area contributed by atoms with Crippen molar-refractivity contribution in [3.8, 4) is 0 Å². The van der Waals surface area contributed by atoms with Crippen LogP contribution in [-0.4, -0.2) is 33.8 Å². The Morgan fingerprint density at radius 3 is 2.27 bits per heavy atom. The van der Waals surface area contributed by atoms with E-state index in [0.29, 0.717) is 17.1 Å². The molecule has 0 fully saturated rings. The second kappa shape index (κ2) is 7.68. The number of anilines is 2. The van der Waals surface area contributed by atoms with E-state index < -0.39 is 24.0 Å². The van der Waals surface area contributed by atoms with Crippen molar-refractivity contribution in [2.24, 2.45) is 12.8 Å². The Labute approximate surface area is 150 Å². The van der Waals surface area contributed by atoms with Crippen LogP contribution in [0.3, 0.4) is 0 Å². The predicted octanol–water partition coefficient (Wildman–Crippen LogP) is 1.71. The number of nitrogens with one attached hydrogen (secondary N) is 2. The summed E-state index contributed by atoms with van der Waals surface area (Å²) in [5, 5.41) is 9.33. The van der Waals surface area contributed by atoms with Gasteiger partial charge in [-0.25, -0.2) is 9.59 Å². The van der Waals surface area contributed by atoms with Crippen LogP contribution in [0.1, 0.15) is 28.7 Å². The van der Waals surface area contributed by atoms with Gasteiger partial charge in [0, 0.05) is 12.7 Å². The van der Waals surface area contributed by atoms with Crippen molar-refractivity contribution >= 4 is 29.3 Å². The maximum atomic E-state index is 12.3. The molecule has 0 unspecified atom stereocenters. The molecule has 2 rings (SSSR count). The lowest BCUT2D eigenvalue weighted by molar-refractivity contribution is -0.123. The molecule has 9 heteroatoms. The van der Waals surface area contributed by atoms with Crippen molar-refractivity contribution in [2.75, 3.05) is 10.6 Å². The largest absolute Gasteiger partial charge is 0.449 e. The van der Waals surface area contributed by atoms with E-state index in [4.69, 9.17) is 10.5 Å². The quantitative estimate of drug-likeness (QED) is 0.700. The molecule has 26 heavy (non-hydrogen) atoms. The standard InChI is InChI=1S/C17H21N5O4/c1-9-14(10(2)22(4)21-9)20-15(23)11(3)26-16(24)12-5-7-13(8-6-12)19-17(18)25/h5-8,11H,1-4H3,(H,20,23)(H3,18,19,25)/t11-/m1/s1. The van der Waals surface area contributed by atoms with Gasteiger partial charge in [-0.1, -0.05) is 0 Å². The van der Waals surface area contributed by atoms with Crippen molar-refractivity contribution in [3.05, 3.63) is 41.2 Å². The van der Waals surface area contributed by atoms with Crippen LogP contribution in [0.25, 0.3) is 0 Å². The summed E-state index contributed by atoms with van der Waals surface area (Å²) in [6.45, 7) is 5.09. The Hall–Kier alpha value is -3.36. The summed E-state index contributed by atoms with van der Waals surface area (Å²) in [5.74, 6) is -1.11. The lowest BCUT2D eigenvalue weighted by Gasteiger charge is -2.14. The van der Waals surface area contributed by atoms with E-state index in [-0.39, 0.29) is 5.56 Å². The lowest BCUT2D eigenvalue weighted by atomic mass is 10.2. The Morgan fingerprint density at radius 1 is 1.15 bits per heavy atom. The zero-order valence-corrected chi connectivity index (χ0v) is 15.0.